The van der Waals surface area contributed by atoms with E-state index in [0.717, 1.165) is 12.8 Å². The highest BCUT2D eigenvalue weighted by molar-refractivity contribution is 5.79. The summed E-state index contributed by atoms with van der Waals surface area (Å²) in [4.78, 5) is 0. The van der Waals surface area contributed by atoms with Gasteiger partial charge in [-0.2, -0.15) is 0 Å². The number of rotatable bonds is 8. The predicted octanol–water partition coefficient (Wildman–Crippen LogP) is -0.764. The van der Waals surface area contributed by atoms with Gasteiger partial charge >= 0.3 is 0 Å². The molecule has 0 aromatic carbocycles. The van der Waals surface area contributed by atoms with Crippen molar-refractivity contribution in [1.82, 2.24) is 5.32 Å². The van der Waals surface area contributed by atoms with Crippen LogP contribution in [0.25, 0.3) is 0 Å². The Hall–Kier alpha value is -0.850. The van der Waals surface area contributed by atoms with Crippen LogP contribution in [0.5, 0.6) is 0 Å². The summed E-state index contributed by atoms with van der Waals surface area (Å²) in [6.45, 7) is 2.21. The van der Waals surface area contributed by atoms with Gasteiger partial charge < -0.3 is 26.5 Å². The zero-order valence-corrected chi connectivity index (χ0v) is 9.11. The van der Waals surface area contributed by atoms with E-state index >= 15 is 0 Å². The van der Waals surface area contributed by atoms with Gasteiger partial charge in [-0.3, -0.25) is 0 Å². The summed E-state index contributed by atoms with van der Waals surface area (Å²) >= 11 is 0. The van der Waals surface area contributed by atoms with Crippen LogP contribution in [0.3, 0.4) is 0 Å². The molecule has 0 aliphatic carbocycles. The molecule has 0 spiro atoms. The lowest BCUT2D eigenvalue weighted by molar-refractivity contribution is 0.104. The van der Waals surface area contributed by atoms with Crippen molar-refractivity contribution in [2.24, 2.45) is 10.9 Å². The van der Waals surface area contributed by atoms with Gasteiger partial charge in [0.05, 0.1) is 18.8 Å². The van der Waals surface area contributed by atoms with Gasteiger partial charge in [-0.1, -0.05) is 5.16 Å². The van der Waals surface area contributed by atoms with Crippen LogP contribution in [0.1, 0.15) is 26.2 Å². The molecule has 15 heavy (non-hydrogen) atoms. The third kappa shape index (κ3) is 6.27. The van der Waals surface area contributed by atoms with Crippen molar-refractivity contribution in [2.75, 3.05) is 19.8 Å². The maximum atomic E-state index is 8.97. The first-order valence-corrected chi connectivity index (χ1v) is 5.01. The maximum Gasteiger partial charge on any atom is 0.139 e. The van der Waals surface area contributed by atoms with Crippen molar-refractivity contribution in [2.45, 2.75) is 31.7 Å². The Balaban J connectivity index is 3.54. The van der Waals surface area contributed by atoms with E-state index in [2.05, 4.69) is 10.5 Å². The van der Waals surface area contributed by atoms with Crippen molar-refractivity contribution < 1.29 is 15.4 Å². The molecule has 6 N–H and O–H groups in total. The number of hydrogen-bond donors (Lipinski definition) is 5. The van der Waals surface area contributed by atoms with Crippen LogP contribution in [0.2, 0.25) is 0 Å². The predicted molar refractivity (Wildman–Crippen MR) is 57.8 cm³/mol. The van der Waals surface area contributed by atoms with Gasteiger partial charge in [0.2, 0.25) is 0 Å². The van der Waals surface area contributed by atoms with E-state index in [9.17, 15) is 0 Å². The Morgan fingerprint density at radius 3 is 2.40 bits per heavy atom. The molecule has 0 unspecified atom stereocenters. The zero-order chi connectivity index (χ0) is 11.7. The van der Waals surface area contributed by atoms with Crippen LogP contribution in [-0.4, -0.2) is 46.6 Å². The lowest BCUT2D eigenvalue weighted by Gasteiger charge is -2.26. The van der Waals surface area contributed by atoms with Gasteiger partial charge in [0.1, 0.15) is 5.84 Å². The molecular weight excluding hydrogens is 198 g/mol. The summed E-state index contributed by atoms with van der Waals surface area (Å²) in [5, 5.41) is 32.1. The molecule has 0 amide bonds. The molecule has 0 aromatic heterocycles. The highest BCUT2D eigenvalue weighted by atomic mass is 16.4. The van der Waals surface area contributed by atoms with Crippen LogP contribution in [-0.2, 0) is 0 Å². The minimum Gasteiger partial charge on any atom is -0.409 e. The molecule has 0 radical (unpaired) electrons. The molecule has 0 aliphatic rings. The number of nitrogens with zero attached hydrogens (tertiary/aromatic N) is 1. The Bertz CT molecular complexity index is 193. The normalized spacial score (nSPS) is 13.1. The quantitative estimate of drug-likeness (QED) is 0.121. The van der Waals surface area contributed by atoms with Crippen LogP contribution in [0, 0.1) is 0 Å². The summed E-state index contributed by atoms with van der Waals surface area (Å²) in [5.41, 5.74) is 4.66. The summed E-state index contributed by atoms with van der Waals surface area (Å²) in [6.07, 6.45) is 2.19. The van der Waals surface area contributed by atoms with Crippen molar-refractivity contribution in [3.8, 4) is 0 Å². The van der Waals surface area contributed by atoms with Gasteiger partial charge in [-0.25, -0.2) is 0 Å². The standard InChI is InChI=1S/C9H21N3O3/c1-9(6-13,7-14)11-5-3-2-4-8(10)12-15/h11,13-15H,2-7H2,1H3,(H2,10,12). The highest BCUT2D eigenvalue weighted by Gasteiger charge is 2.20. The van der Waals surface area contributed by atoms with E-state index in [-0.39, 0.29) is 19.0 Å². The Morgan fingerprint density at radius 1 is 1.33 bits per heavy atom. The minimum absolute atomic E-state index is 0.107. The molecule has 0 aliphatic heterocycles. The largest absolute Gasteiger partial charge is 0.409 e. The van der Waals surface area contributed by atoms with Crippen LogP contribution in [0.4, 0.5) is 0 Å². The molecule has 6 heteroatoms. The second kappa shape index (κ2) is 7.44. The number of nitrogens with one attached hydrogen (secondary N) is 1. The molecule has 0 fully saturated rings. The van der Waals surface area contributed by atoms with E-state index in [0.29, 0.717) is 13.0 Å². The fourth-order valence-electron chi connectivity index (χ4n) is 1.03. The molecule has 0 heterocycles. The molecule has 0 saturated carbocycles. The summed E-state index contributed by atoms with van der Waals surface area (Å²) in [6, 6.07) is 0. The molecule has 0 saturated heterocycles. The number of aliphatic hydroxyl groups is 2. The number of unbranched alkanes of at least 4 members (excludes halogenated alkanes) is 1. The SMILES string of the molecule is CC(CO)(CO)NCCCCC(N)=NO. The zero-order valence-electron chi connectivity index (χ0n) is 9.11. The number of aliphatic hydroxyl groups excluding tert-OH is 2. The average molecular weight is 219 g/mol. The number of hydrogen-bond acceptors (Lipinski definition) is 5. The fourth-order valence-corrected chi connectivity index (χ4v) is 1.03. The van der Waals surface area contributed by atoms with E-state index in [1.165, 1.54) is 0 Å². The number of nitrogens with two attached hydrogens (primary N) is 1. The van der Waals surface area contributed by atoms with Crippen molar-refractivity contribution in [1.29, 1.82) is 0 Å². The lowest BCUT2D eigenvalue weighted by Crippen LogP contribution is -2.49. The van der Waals surface area contributed by atoms with Gasteiger partial charge in [-0.15, -0.1) is 0 Å². The third-order valence-corrected chi connectivity index (χ3v) is 2.24. The van der Waals surface area contributed by atoms with Gasteiger partial charge in [-0.05, 0) is 26.3 Å². The molecule has 90 valence electrons. The Morgan fingerprint density at radius 2 is 1.93 bits per heavy atom. The van der Waals surface area contributed by atoms with Crippen LogP contribution < -0.4 is 11.1 Å². The first-order chi connectivity index (χ1) is 7.08. The Labute approximate surface area is 89.8 Å². The lowest BCUT2D eigenvalue weighted by atomic mass is 10.1. The minimum atomic E-state index is -0.628. The van der Waals surface area contributed by atoms with Crippen LogP contribution >= 0.6 is 0 Å². The first kappa shape index (κ1) is 14.2. The molecule has 0 bridgehead atoms. The van der Waals surface area contributed by atoms with Crippen molar-refractivity contribution in [3.63, 3.8) is 0 Å². The number of oxime groups is 1. The van der Waals surface area contributed by atoms with Gasteiger partial charge in [0, 0.05) is 6.42 Å². The smallest absolute Gasteiger partial charge is 0.139 e. The molecule has 0 aromatic rings. The molecule has 6 nitrogen and oxygen atoms in total. The van der Waals surface area contributed by atoms with Crippen molar-refractivity contribution >= 4 is 5.84 Å². The molecule has 0 atom stereocenters. The molecule has 0 rings (SSSR count). The summed E-state index contributed by atoms with van der Waals surface area (Å²) in [7, 11) is 0. The van der Waals surface area contributed by atoms with Gasteiger partial charge in [0.15, 0.2) is 0 Å². The van der Waals surface area contributed by atoms with Crippen LogP contribution in [0.15, 0.2) is 5.16 Å². The second-order valence-electron chi connectivity index (χ2n) is 3.85. The topological polar surface area (TPSA) is 111 Å². The fraction of sp³-hybridized carbons (Fsp3) is 0.889. The van der Waals surface area contributed by atoms with E-state index in [1.807, 2.05) is 0 Å². The second-order valence-corrected chi connectivity index (χ2v) is 3.85. The van der Waals surface area contributed by atoms with Gasteiger partial charge in [0.25, 0.3) is 0 Å². The van der Waals surface area contributed by atoms with Crippen molar-refractivity contribution in [3.05, 3.63) is 0 Å². The van der Waals surface area contributed by atoms with E-state index in [4.69, 9.17) is 21.2 Å². The Kier molecular flexibility index (Phi) is 7.02. The molecular formula is C9H21N3O3. The highest BCUT2D eigenvalue weighted by Crippen LogP contribution is 2.02. The first-order valence-electron chi connectivity index (χ1n) is 5.01. The van der Waals surface area contributed by atoms with E-state index in [1.54, 1.807) is 6.92 Å². The maximum absolute atomic E-state index is 8.97. The summed E-state index contributed by atoms with van der Waals surface area (Å²) in [5.74, 6) is 0.224. The van der Waals surface area contributed by atoms with E-state index < -0.39 is 5.54 Å². The third-order valence-electron chi connectivity index (χ3n) is 2.24. The number of amidine groups is 1. The monoisotopic (exact) mass is 219 g/mol. The average Bonchev–Trinajstić information content (AvgIpc) is 2.27. The summed E-state index contributed by atoms with van der Waals surface area (Å²) < 4.78 is 0.